The Balaban J connectivity index is 0.000000198. The molecule has 0 aliphatic heterocycles. The lowest BCUT2D eigenvalue weighted by atomic mass is 10.0. The molecule has 14 nitrogen and oxygen atoms in total. The van der Waals surface area contributed by atoms with Gasteiger partial charge in [0.05, 0.1) is 21.2 Å². The Bertz CT molecular complexity index is 2500. The number of hydrogen-bond acceptors (Lipinski definition) is 12. The highest BCUT2D eigenvalue weighted by Crippen LogP contribution is 2.39. The smallest absolute Gasteiger partial charge is 0.310 e. The summed E-state index contributed by atoms with van der Waals surface area (Å²) >= 11 is 11.5. The molecule has 0 aliphatic rings. The molecule has 0 saturated heterocycles. The number of hydrogen-bond donors (Lipinski definition) is 3. The molecule has 20 heteroatoms. The molecule has 2 aromatic carbocycles. The van der Waals surface area contributed by atoms with Crippen LogP contribution in [0.4, 0.5) is 17.6 Å². The number of aromatic amines is 2. The Morgan fingerprint density at radius 3 is 1.48 bits per heavy atom. The number of carbonyl (C=O) groups is 3. The van der Waals surface area contributed by atoms with Crippen LogP contribution in [0.3, 0.4) is 0 Å². The van der Waals surface area contributed by atoms with Crippen LogP contribution in [0, 0.1) is 23.3 Å². The molecule has 0 bridgehead atoms. The van der Waals surface area contributed by atoms with E-state index < -0.39 is 90.3 Å². The minimum Gasteiger partial charge on any atom is -0.505 e. The fraction of sp³-hybridized carbons (Fsp3) is 0.0938. The van der Waals surface area contributed by atoms with Crippen molar-refractivity contribution >= 4 is 63.4 Å². The zero-order chi connectivity index (χ0) is 38.4. The SMILES string of the molecule is CC(=O)OC(C)=O.CC(=O)Oc1c(-c2c(F)ccc(F)c2Cl)c(=O)[nH]c2nccnc12.O=c1[nH]c2nccnc2c(O)c1-c1c(F)ccc(F)c1Cl. The van der Waals surface area contributed by atoms with Gasteiger partial charge < -0.3 is 24.5 Å². The van der Waals surface area contributed by atoms with Gasteiger partial charge in [0.2, 0.25) is 0 Å². The first-order valence-corrected chi connectivity index (χ1v) is 14.9. The number of fused-ring (bicyclic) bond motifs is 2. The van der Waals surface area contributed by atoms with E-state index in [1.54, 1.807) is 0 Å². The minimum absolute atomic E-state index is 0.00188. The Morgan fingerprint density at radius 1 is 0.615 bits per heavy atom. The molecule has 0 saturated carbocycles. The van der Waals surface area contributed by atoms with Crippen LogP contribution in [0.2, 0.25) is 10.0 Å². The standard InChI is InChI=1S/C15H8ClF2N3O3.C13H6ClF2N3O2.C4H6O3/c1-6(22)24-13-10(9-7(17)2-3-8(18)11(9)16)15(23)21-14-12(13)19-4-5-20-14;14-9-6(16)2-1-5(15)7(9)8-11(20)10-12(19-13(8)21)18-4-3-17-10;1-3(5)7-4(2)6/h2-5H,1H3,(H,20,21,23);1-4H,(H2,18,19,20,21);1-2H3. The molecule has 0 unspecified atom stereocenters. The van der Waals surface area contributed by atoms with E-state index in [4.69, 9.17) is 27.9 Å². The van der Waals surface area contributed by atoms with E-state index in [0.717, 1.165) is 31.2 Å². The number of aromatic hydroxyl groups is 1. The highest BCUT2D eigenvalue weighted by atomic mass is 35.5. The summed E-state index contributed by atoms with van der Waals surface area (Å²) in [5.74, 6) is -6.60. The van der Waals surface area contributed by atoms with Crippen LogP contribution in [0.25, 0.3) is 44.6 Å². The zero-order valence-electron chi connectivity index (χ0n) is 26.5. The van der Waals surface area contributed by atoms with Crippen LogP contribution in [-0.4, -0.2) is 52.9 Å². The molecule has 4 heterocycles. The Hall–Kier alpha value is -6.27. The molecule has 0 spiro atoms. The molecule has 0 amide bonds. The second-order valence-electron chi connectivity index (χ2n) is 9.96. The van der Waals surface area contributed by atoms with Crippen LogP contribution in [0.1, 0.15) is 20.8 Å². The topological polar surface area (TPSA) is 207 Å². The second-order valence-corrected chi connectivity index (χ2v) is 10.7. The van der Waals surface area contributed by atoms with Gasteiger partial charge in [-0.2, -0.15) is 0 Å². The van der Waals surface area contributed by atoms with E-state index in [0.29, 0.717) is 0 Å². The molecule has 0 atom stereocenters. The number of H-pyrrole nitrogens is 2. The Kier molecular flexibility index (Phi) is 12.0. The number of rotatable bonds is 3. The normalized spacial score (nSPS) is 10.5. The average Bonchev–Trinajstić information content (AvgIpc) is 3.07. The number of esters is 3. The van der Waals surface area contributed by atoms with Gasteiger partial charge in [-0.3, -0.25) is 24.0 Å². The third-order valence-corrected chi connectivity index (χ3v) is 7.08. The molecule has 3 N–H and O–H groups in total. The highest BCUT2D eigenvalue weighted by Gasteiger charge is 2.26. The number of halogens is 6. The van der Waals surface area contributed by atoms with Crippen LogP contribution >= 0.6 is 23.2 Å². The highest BCUT2D eigenvalue weighted by molar-refractivity contribution is 6.34. The molecular weight excluding hydrogens is 743 g/mol. The Labute approximate surface area is 297 Å². The van der Waals surface area contributed by atoms with Gasteiger partial charge in [-0.15, -0.1) is 0 Å². The van der Waals surface area contributed by atoms with Gasteiger partial charge in [0, 0.05) is 56.7 Å². The number of nitrogens with one attached hydrogen (secondary N) is 2. The van der Waals surface area contributed by atoms with Gasteiger partial charge in [-0.1, -0.05) is 23.2 Å². The summed E-state index contributed by atoms with van der Waals surface area (Å²) in [6.07, 6.45) is 5.20. The first kappa shape index (κ1) is 38.5. The molecule has 0 aliphatic carbocycles. The van der Waals surface area contributed by atoms with Gasteiger partial charge in [0.15, 0.2) is 22.8 Å². The van der Waals surface area contributed by atoms with Crippen molar-refractivity contribution in [3.05, 3.63) is 103 Å². The predicted octanol–water partition coefficient (Wildman–Crippen LogP) is 5.56. The van der Waals surface area contributed by atoms with Gasteiger partial charge in [0.25, 0.3) is 11.1 Å². The molecule has 0 radical (unpaired) electrons. The van der Waals surface area contributed by atoms with E-state index in [2.05, 4.69) is 34.6 Å². The van der Waals surface area contributed by atoms with Gasteiger partial charge >= 0.3 is 17.9 Å². The summed E-state index contributed by atoms with van der Waals surface area (Å²) in [5, 5.41) is 8.94. The molecule has 6 rings (SSSR count). The quantitative estimate of drug-likeness (QED) is 0.0877. The molecule has 4 aromatic heterocycles. The molecule has 0 fully saturated rings. The summed E-state index contributed by atoms with van der Waals surface area (Å²) in [5.41, 5.74) is -3.70. The maximum atomic E-state index is 14.2. The van der Waals surface area contributed by atoms with Crippen molar-refractivity contribution in [1.82, 2.24) is 29.9 Å². The van der Waals surface area contributed by atoms with E-state index in [1.165, 1.54) is 38.6 Å². The monoisotopic (exact) mass is 762 g/mol. The van der Waals surface area contributed by atoms with E-state index >= 15 is 0 Å². The van der Waals surface area contributed by atoms with E-state index in [1.807, 2.05) is 0 Å². The van der Waals surface area contributed by atoms with Crippen molar-refractivity contribution in [3.8, 4) is 33.8 Å². The van der Waals surface area contributed by atoms with Gasteiger partial charge in [-0.05, 0) is 24.3 Å². The molecular formula is C32H20Cl2F4N6O8. The largest absolute Gasteiger partial charge is 0.505 e. The lowest BCUT2D eigenvalue weighted by Gasteiger charge is -2.12. The van der Waals surface area contributed by atoms with Crippen LogP contribution < -0.4 is 15.9 Å². The molecule has 52 heavy (non-hydrogen) atoms. The van der Waals surface area contributed by atoms with Crippen LogP contribution in [-0.2, 0) is 19.1 Å². The fourth-order valence-electron chi connectivity index (χ4n) is 4.40. The molecule has 6 aromatic rings. The number of aromatic nitrogens is 6. The van der Waals surface area contributed by atoms with Crippen molar-refractivity contribution in [1.29, 1.82) is 0 Å². The first-order chi connectivity index (χ1) is 24.5. The van der Waals surface area contributed by atoms with Crippen LogP contribution in [0.5, 0.6) is 11.5 Å². The number of pyridine rings is 2. The van der Waals surface area contributed by atoms with Gasteiger partial charge in [0.1, 0.15) is 34.3 Å². The minimum atomic E-state index is -0.955. The van der Waals surface area contributed by atoms with E-state index in [-0.39, 0.29) is 28.1 Å². The second kappa shape index (κ2) is 16.2. The van der Waals surface area contributed by atoms with Crippen molar-refractivity contribution < 1.29 is 46.5 Å². The third-order valence-electron chi connectivity index (χ3n) is 6.34. The fourth-order valence-corrected chi connectivity index (χ4v) is 4.90. The summed E-state index contributed by atoms with van der Waals surface area (Å²) in [4.78, 5) is 75.7. The van der Waals surface area contributed by atoms with Crippen molar-refractivity contribution in [3.63, 3.8) is 0 Å². The van der Waals surface area contributed by atoms with E-state index in [9.17, 15) is 46.6 Å². The Morgan fingerprint density at radius 2 is 1.02 bits per heavy atom. The maximum absolute atomic E-state index is 14.2. The lowest BCUT2D eigenvalue weighted by molar-refractivity contribution is -0.156. The first-order valence-electron chi connectivity index (χ1n) is 14.1. The predicted molar refractivity (Wildman–Crippen MR) is 176 cm³/mol. The number of carbonyl (C=O) groups excluding carboxylic acids is 3. The third kappa shape index (κ3) is 8.36. The van der Waals surface area contributed by atoms with Crippen molar-refractivity contribution in [2.45, 2.75) is 20.8 Å². The summed E-state index contributed by atoms with van der Waals surface area (Å²) < 4.78 is 64.4. The maximum Gasteiger partial charge on any atom is 0.310 e. The lowest BCUT2D eigenvalue weighted by Crippen LogP contribution is -2.16. The zero-order valence-corrected chi connectivity index (χ0v) is 28.0. The summed E-state index contributed by atoms with van der Waals surface area (Å²) in [6, 6.07) is 3.28. The number of nitrogens with zero attached hydrogens (tertiary/aromatic N) is 4. The summed E-state index contributed by atoms with van der Waals surface area (Å²) in [6.45, 7) is 3.46. The van der Waals surface area contributed by atoms with Gasteiger partial charge in [-0.25, -0.2) is 37.5 Å². The van der Waals surface area contributed by atoms with Crippen molar-refractivity contribution in [2.75, 3.05) is 0 Å². The number of benzene rings is 2. The van der Waals surface area contributed by atoms with Crippen molar-refractivity contribution in [2.24, 2.45) is 0 Å². The summed E-state index contributed by atoms with van der Waals surface area (Å²) in [7, 11) is 0. The number of ether oxygens (including phenoxy) is 2. The average molecular weight is 763 g/mol. The molecule has 268 valence electrons. The van der Waals surface area contributed by atoms with Crippen LogP contribution in [0.15, 0.2) is 58.6 Å².